The number of azo groups is 2. The summed E-state index contributed by atoms with van der Waals surface area (Å²) in [5, 5.41) is 7.83. The largest absolute Gasteiger partial charge is 0.217 e. The maximum Gasteiger partial charge on any atom is 0.186 e. The van der Waals surface area contributed by atoms with Crippen LogP contribution in [0.15, 0.2) is 5.11 Å². The molecule has 10 atom stereocenters. The predicted molar refractivity (Wildman–Crippen MR) is 82.3 cm³/mol. The van der Waals surface area contributed by atoms with Crippen molar-refractivity contribution in [2.75, 3.05) is 0 Å². The van der Waals surface area contributed by atoms with E-state index in [2.05, 4.69) is 51.2 Å². The highest BCUT2D eigenvalue weighted by Crippen LogP contribution is 2.78. The second kappa shape index (κ2) is 3.19. The van der Waals surface area contributed by atoms with Crippen LogP contribution in [0.25, 0.3) is 0 Å². The summed E-state index contributed by atoms with van der Waals surface area (Å²) in [5.41, 5.74) is 5.65. The van der Waals surface area contributed by atoms with Gasteiger partial charge in [-0.1, -0.05) is 0 Å². The molecular formula is C18H28N4+. The van der Waals surface area contributed by atoms with Crippen molar-refractivity contribution in [1.29, 1.82) is 0 Å². The number of rotatable bonds is 0. The van der Waals surface area contributed by atoms with Gasteiger partial charge < -0.3 is 0 Å². The fourth-order valence-corrected chi connectivity index (χ4v) is 7.69. The highest BCUT2D eigenvalue weighted by Gasteiger charge is 2.89. The van der Waals surface area contributed by atoms with Crippen LogP contribution in [0, 0.1) is 35.5 Å². The van der Waals surface area contributed by atoms with E-state index in [1.807, 2.05) is 0 Å². The Bertz CT molecular complexity index is 612. The van der Waals surface area contributed by atoms with Crippen molar-refractivity contribution in [3.63, 3.8) is 0 Å². The highest BCUT2D eigenvalue weighted by molar-refractivity contribution is 5.34. The number of hydrogen-bond donors (Lipinski definition) is 0. The average Bonchev–Trinajstić information content (AvgIpc) is 2.73. The molecule has 0 amide bonds. The smallest absolute Gasteiger partial charge is 0.186 e. The minimum Gasteiger partial charge on any atom is -0.217 e. The first-order chi connectivity index (χ1) is 10.2. The first-order valence-corrected chi connectivity index (χ1v) is 9.21. The Morgan fingerprint density at radius 2 is 1.45 bits per heavy atom. The lowest BCUT2D eigenvalue weighted by molar-refractivity contribution is -0.718. The SMILES string of the molecule is CC(C)(C)N1[N][C@@H]2C3C4C5C3[C@H]3[C@@H]2[C@H]([C@@H]5N=[N+]3C(C)(C)C)[C@H]41. The van der Waals surface area contributed by atoms with E-state index in [-0.39, 0.29) is 11.1 Å². The molecule has 6 rings (SSSR count). The molecule has 6 aliphatic rings. The van der Waals surface area contributed by atoms with E-state index in [9.17, 15) is 0 Å². The molecule has 0 aromatic carbocycles. The fourth-order valence-electron chi connectivity index (χ4n) is 7.69. The molecule has 3 saturated carbocycles. The number of hydrogen-bond acceptors (Lipinski definition) is 2. The second-order valence-electron chi connectivity index (χ2n) is 10.7. The van der Waals surface area contributed by atoms with Gasteiger partial charge in [-0.3, -0.25) is 0 Å². The molecule has 4 fully saturated rings. The van der Waals surface area contributed by atoms with Crippen LogP contribution in [-0.2, 0) is 0 Å². The first kappa shape index (κ1) is 12.9. The van der Waals surface area contributed by atoms with E-state index in [4.69, 9.17) is 10.5 Å². The Hall–Kier alpha value is -0.480. The second-order valence-corrected chi connectivity index (χ2v) is 10.7. The van der Waals surface area contributed by atoms with Gasteiger partial charge in [-0.15, -0.1) is 4.70 Å². The van der Waals surface area contributed by atoms with Crippen molar-refractivity contribution in [3.05, 3.63) is 0 Å². The first-order valence-electron chi connectivity index (χ1n) is 9.21. The molecule has 4 nitrogen and oxygen atoms in total. The summed E-state index contributed by atoms with van der Waals surface area (Å²) in [5.74, 6) is 5.21. The van der Waals surface area contributed by atoms with Crippen molar-refractivity contribution in [2.24, 2.45) is 40.6 Å². The van der Waals surface area contributed by atoms with Gasteiger partial charge in [-0.25, -0.2) is 5.01 Å². The highest BCUT2D eigenvalue weighted by atomic mass is 15.6. The van der Waals surface area contributed by atoms with Crippen molar-refractivity contribution < 1.29 is 4.70 Å². The normalized spacial score (nSPS) is 60.2. The molecule has 0 N–H and O–H groups in total. The summed E-state index contributed by atoms with van der Waals surface area (Å²) in [4.78, 5) is 0. The maximum absolute atomic E-state index is 5.30. The Balaban J connectivity index is 1.51. The molecule has 1 radical (unpaired) electrons. The summed E-state index contributed by atoms with van der Waals surface area (Å²) in [6, 6.07) is 2.61. The lowest BCUT2D eigenvalue weighted by Crippen LogP contribution is -2.72. The molecule has 3 aliphatic carbocycles. The van der Waals surface area contributed by atoms with Gasteiger partial charge in [-0.05, 0) is 37.7 Å². The Morgan fingerprint density at radius 1 is 0.773 bits per heavy atom. The zero-order chi connectivity index (χ0) is 15.3. The lowest BCUT2D eigenvalue weighted by Gasteiger charge is -2.60. The molecule has 3 aliphatic heterocycles. The molecule has 0 aromatic heterocycles. The van der Waals surface area contributed by atoms with Crippen LogP contribution in [0.4, 0.5) is 0 Å². The third kappa shape index (κ3) is 1.06. The van der Waals surface area contributed by atoms with E-state index in [0.717, 1.165) is 35.5 Å². The monoisotopic (exact) mass is 300 g/mol. The van der Waals surface area contributed by atoms with Gasteiger partial charge in [0, 0.05) is 56.0 Å². The molecule has 22 heavy (non-hydrogen) atoms. The van der Waals surface area contributed by atoms with E-state index in [1.165, 1.54) is 0 Å². The van der Waals surface area contributed by atoms with Crippen molar-refractivity contribution in [1.82, 2.24) is 10.4 Å². The Labute approximate surface area is 133 Å². The van der Waals surface area contributed by atoms with Crippen molar-refractivity contribution in [2.45, 2.75) is 76.8 Å². The quantitative estimate of drug-likeness (QED) is 0.631. The summed E-state index contributed by atoms with van der Waals surface area (Å²) in [6.45, 7) is 14.0. The molecule has 1 saturated heterocycles. The van der Waals surface area contributed by atoms with E-state index in [1.54, 1.807) is 0 Å². The van der Waals surface area contributed by atoms with Gasteiger partial charge in [0.05, 0.1) is 6.04 Å². The van der Waals surface area contributed by atoms with Gasteiger partial charge in [0.1, 0.15) is 6.04 Å². The summed E-state index contributed by atoms with van der Waals surface area (Å²) < 4.78 is 2.52. The van der Waals surface area contributed by atoms with Gasteiger partial charge in [0.2, 0.25) is 0 Å². The Morgan fingerprint density at radius 3 is 2.09 bits per heavy atom. The van der Waals surface area contributed by atoms with Crippen LogP contribution in [0.5, 0.6) is 0 Å². The van der Waals surface area contributed by atoms with Crippen molar-refractivity contribution in [3.8, 4) is 0 Å². The van der Waals surface area contributed by atoms with E-state index >= 15 is 0 Å². The Kier molecular flexibility index (Phi) is 1.87. The maximum atomic E-state index is 5.30. The molecule has 3 heterocycles. The zero-order valence-corrected chi connectivity index (χ0v) is 14.6. The fraction of sp³-hybridized carbons (Fsp3) is 1.00. The zero-order valence-electron chi connectivity index (χ0n) is 14.6. The predicted octanol–water partition coefficient (Wildman–Crippen LogP) is 2.12. The van der Waals surface area contributed by atoms with Crippen LogP contribution in [0.2, 0.25) is 0 Å². The molecule has 119 valence electrons. The van der Waals surface area contributed by atoms with Crippen LogP contribution in [0.1, 0.15) is 41.5 Å². The third-order valence-electron chi connectivity index (χ3n) is 7.83. The molecule has 2 bridgehead atoms. The molecular weight excluding hydrogens is 272 g/mol. The van der Waals surface area contributed by atoms with E-state index in [0.29, 0.717) is 24.2 Å². The van der Waals surface area contributed by atoms with Crippen LogP contribution >= 0.6 is 0 Å². The van der Waals surface area contributed by atoms with E-state index < -0.39 is 0 Å². The summed E-state index contributed by atoms with van der Waals surface area (Å²) in [6.07, 6.45) is 0. The van der Waals surface area contributed by atoms with Crippen LogP contribution in [0.3, 0.4) is 0 Å². The summed E-state index contributed by atoms with van der Waals surface area (Å²) in [7, 11) is 0. The minimum atomic E-state index is 0.171. The van der Waals surface area contributed by atoms with Gasteiger partial charge in [0.25, 0.3) is 0 Å². The van der Waals surface area contributed by atoms with Gasteiger partial charge in [0.15, 0.2) is 11.6 Å². The molecule has 0 aromatic rings. The topological polar surface area (TPSA) is 32.7 Å². The third-order valence-corrected chi connectivity index (χ3v) is 7.83. The van der Waals surface area contributed by atoms with Crippen LogP contribution in [-0.4, -0.2) is 45.0 Å². The van der Waals surface area contributed by atoms with Crippen LogP contribution < -0.4 is 5.43 Å². The molecule has 0 spiro atoms. The minimum absolute atomic E-state index is 0.171. The van der Waals surface area contributed by atoms with Crippen molar-refractivity contribution >= 4 is 0 Å². The lowest BCUT2D eigenvalue weighted by atomic mass is 9.55. The molecule has 4 heteroatoms. The standard InChI is InChI=1S/C18H28N4/c1-17(2,3)21-15-9-7-10-8(9)14-11(15)12(13(7)19-21)16(10)22(20-14)18(4,5)6/h7-16H,1-6H3/q+1/t7?,8?,9?,10?,11-,12-,13-,14-,15+,16+/m1/s1. The average molecular weight is 300 g/mol. The van der Waals surface area contributed by atoms with Gasteiger partial charge in [-0.2, -0.15) is 5.43 Å². The number of fused-ring (bicyclic) bond motifs is 3. The summed E-state index contributed by atoms with van der Waals surface area (Å²) >= 11 is 0. The number of nitrogens with zero attached hydrogens (tertiary/aromatic N) is 4. The van der Waals surface area contributed by atoms with Gasteiger partial charge >= 0.3 is 0 Å². The molecule has 4 unspecified atom stereocenters.